The molecule has 0 saturated heterocycles. The third-order valence-electron chi connectivity index (χ3n) is 7.90. The molecule has 36 heavy (non-hydrogen) atoms. The monoisotopic (exact) mass is 502 g/mol. The van der Waals surface area contributed by atoms with E-state index in [-0.39, 0.29) is 11.3 Å². The molecule has 1 amide bonds. The molecule has 2 aliphatic carbocycles. The standard InChI is InChI=1S/C30H35ClN4O/c1-2-35(21-22-10-4-3-5-11-22)28(36)26-20-32-29(33-25-12-6-7-13-25)34-27(26)30(18-8-9-19-30)23-14-16-24(31)17-15-23/h3-5,10-11,14-17,20,25H,2,6-9,12-13,18-19,21H2,1H3,(H,32,33,34). The molecule has 188 valence electrons. The first-order chi connectivity index (χ1) is 17.6. The molecule has 2 aromatic carbocycles. The number of aromatic nitrogens is 2. The van der Waals surface area contributed by atoms with Crippen LogP contribution in [0.15, 0.2) is 60.8 Å². The summed E-state index contributed by atoms with van der Waals surface area (Å²) in [5, 5.41) is 4.28. The molecule has 5 rings (SSSR count). The average molecular weight is 503 g/mol. The van der Waals surface area contributed by atoms with E-state index in [1.54, 1.807) is 6.20 Å². The van der Waals surface area contributed by atoms with Gasteiger partial charge in [-0.05, 0) is 55.9 Å². The van der Waals surface area contributed by atoms with Crippen molar-refractivity contribution >= 4 is 23.5 Å². The van der Waals surface area contributed by atoms with Gasteiger partial charge >= 0.3 is 0 Å². The second-order valence-corrected chi connectivity index (χ2v) is 10.6. The number of carbonyl (C=O) groups excluding carboxylic acids is 1. The average Bonchev–Trinajstić information content (AvgIpc) is 3.61. The Morgan fingerprint density at radius 3 is 2.39 bits per heavy atom. The van der Waals surface area contributed by atoms with Crippen LogP contribution in [0.2, 0.25) is 5.02 Å². The molecule has 2 aliphatic rings. The molecule has 0 bridgehead atoms. The number of carbonyl (C=O) groups is 1. The van der Waals surface area contributed by atoms with Crippen LogP contribution in [0.3, 0.4) is 0 Å². The molecule has 1 heterocycles. The predicted molar refractivity (Wildman–Crippen MR) is 145 cm³/mol. The normalized spacial score (nSPS) is 17.3. The van der Waals surface area contributed by atoms with Crippen molar-refractivity contribution in [3.63, 3.8) is 0 Å². The minimum absolute atomic E-state index is 0.0102. The Morgan fingerprint density at radius 2 is 1.72 bits per heavy atom. The molecular formula is C30H35ClN4O. The minimum Gasteiger partial charge on any atom is -0.351 e. The first-order valence-electron chi connectivity index (χ1n) is 13.3. The van der Waals surface area contributed by atoms with Crippen LogP contribution in [0.4, 0.5) is 5.95 Å². The number of halogens is 1. The Bertz CT molecular complexity index is 1170. The zero-order chi connectivity index (χ0) is 25.0. The second-order valence-electron chi connectivity index (χ2n) is 10.2. The fourth-order valence-electron chi connectivity index (χ4n) is 5.94. The maximum atomic E-state index is 14.0. The largest absolute Gasteiger partial charge is 0.351 e. The van der Waals surface area contributed by atoms with Gasteiger partial charge in [-0.15, -0.1) is 0 Å². The Kier molecular flexibility index (Phi) is 7.56. The van der Waals surface area contributed by atoms with Crippen LogP contribution in [-0.2, 0) is 12.0 Å². The zero-order valence-corrected chi connectivity index (χ0v) is 21.8. The van der Waals surface area contributed by atoms with Gasteiger partial charge < -0.3 is 10.2 Å². The van der Waals surface area contributed by atoms with Crippen molar-refractivity contribution in [2.24, 2.45) is 0 Å². The van der Waals surface area contributed by atoms with Crippen molar-refractivity contribution in [2.75, 3.05) is 11.9 Å². The van der Waals surface area contributed by atoms with Crippen LogP contribution in [0.5, 0.6) is 0 Å². The molecule has 0 aliphatic heterocycles. The molecule has 5 nitrogen and oxygen atoms in total. The molecule has 3 aromatic rings. The lowest BCUT2D eigenvalue weighted by Gasteiger charge is -2.32. The third-order valence-corrected chi connectivity index (χ3v) is 8.15. The maximum Gasteiger partial charge on any atom is 0.257 e. The van der Waals surface area contributed by atoms with Gasteiger partial charge in [-0.2, -0.15) is 0 Å². The first kappa shape index (κ1) is 24.8. The maximum absolute atomic E-state index is 14.0. The third kappa shape index (κ3) is 5.12. The van der Waals surface area contributed by atoms with E-state index in [0.717, 1.165) is 54.8 Å². The number of rotatable bonds is 8. The van der Waals surface area contributed by atoms with Gasteiger partial charge in [0.15, 0.2) is 0 Å². The number of benzene rings is 2. The summed E-state index contributed by atoms with van der Waals surface area (Å²) < 4.78 is 0. The van der Waals surface area contributed by atoms with Crippen molar-refractivity contribution in [2.45, 2.75) is 76.3 Å². The van der Waals surface area contributed by atoms with E-state index >= 15 is 0 Å². The van der Waals surface area contributed by atoms with Gasteiger partial charge in [0.1, 0.15) is 0 Å². The van der Waals surface area contributed by atoms with Gasteiger partial charge in [-0.25, -0.2) is 9.97 Å². The second kappa shape index (κ2) is 11.0. The van der Waals surface area contributed by atoms with Crippen molar-refractivity contribution in [3.8, 4) is 0 Å². The van der Waals surface area contributed by atoms with Crippen LogP contribution >= 0.6 is 11.6 Å². The molecule has 0 spiro atoms. The lowest BCUT2D eigenvalue weighted by molar-refractivity contribution is 0.0749. The molecule has 2 fully saturated rings. The highest BCUT2D eigenvalue weighted by Crippen LogP contribution is 2.47. The summed E-state index contributed by atoms with van der Waals surface area (Å²) in [4.78, 5) is 25.7. The van der Waals surface area contributed by atoms with Gasteiger partial charge in [-0.3, -0.25) is 4.79 Å². The highest BCUT2D eigenvalue weighted by Gasteiger charge is 2.42. The molecule has 0 unspecified atom stereocenters. The summed E-state index contributed by atoms with van der Waals surface area (Å²) in [5.74, 6) is 0.629. The van der Waals surface area contributed by atoms with Gasteiger partial charge in [0.05, 0.1) is 11.3 Å². The molecular weight excluding hydrogens is 468 g/mol. The topological polar surface area (TPSA) is 58.1 Å². The molecule has 1 aromatic heterocycles. The fourth-order valence-corrected chi connectivity index (χ4v) is 6.06. The van der Waals surface area contributed by atoms with Gasteiger partial charge in [-0.1, -0.05) is 79.7 Å². The lowest BCUT2D eigenvalue weighted by atomic mass is 9.74. The van der Waals surface area contributed by atoms with E-state index in [4.69, 9.17) is 16.6 Å². The highest BCUT2D eigenvalue weighted by molar-refractivity contribution is 6.30. The molecule has 1 N–H and O–H groups in total. The number of amides is 1. The van der Waals surface area contributed by atoms with E-state index in [2.05, 4.69) is 34.6 Å². The van der Waals surface area contributed by atoms with Crippen LogP contribution < -0.4 is 5.32 Å². The van der Waals surface area contributed by atoms with Crippen molar-refractivity contribution < 1.29 is 4.79 Å². The summed E-state index contributed by atoms with van der Waals surface area (Å²) in [6.45, 7) is 3.21. The minimum atomic E-state index is -0.323. The predicted octanol–water partition coefficient (Wildman–Crippen LogP) is 7.01. The number of hydrogen-bond acceptors (Lipinski definition) is 4. The zero-order valence-electron chi connectivity index (χ0n) is 21.0. The molecule has 6 heteroatoms. The first-order valence-corrected chi connectivity index (χ1v) is 13.7. The Morgan fingerprint density at radius 1 is 1.03 bits per heavy atom. The Hall–Kier alpha value is -2.92. The van der Waals surface area contributed by atoms with E-state index in [1.165, 1.54) is 18.4 Å². The molecule has 2 saturated carbocycles. The Labute approximate surface area is 219 Å². The quantitative estimate of drug-likeness (QED) is 0.360. The highest BCUT2D eigenvalue weighted by atomic mass is 35.5. The number of hydrogen-bond donors (Lipinski definition) is 1. The van der Waals surface area contributed by atoms with Crippen LogP contribution in [0.1, 0.15) is 85.5 Å². The molecule has 0 atom stereocenters. The van der Waals surface area contributed by atoms with Gasteiger partial charge in [0.25, 0.3) is 5.91 Å². The van der Waals surface area contributed by atoms with Crippen LogP contribution in [0, 0.1) is 0 Å². The SMILES string of the molecule is CCN(Cc1ccccc1)C(=O)c1cnc(NC2CCCC2)nc1C1(c2ccc(Cl)cc2)CCCC1. The summed E-state index contributed by atoms with van der Waals surface area (Å²) in [6.07, 6.45) is 10.7. The van der Waals surface area contributed by atoms with Crippen LogP contribution in [0.25, 0.3) is 0 Å². The summed E-state index contributed by atoms with van der Waals surface area (Å²) in [5.41, 5.74) is 3.44. The van der Waals surface area contributed by atoms with E-state index in [1.807, 2.05) is 42.2 Å². The van der Waals surface area contributed by atoms with Crippen molar-refractivity contribution in [1.82, 2.24) is 14.9 Å². The van der Waals surface area contributed by atoms with Gasteiger partial charge in [0, 0.05) is 35.8 Å². The van der Waals surface area contributed by atoms with Gasteiger partial charge in [0.2, 0.25) is 5.95 Å². The summed E-state index contributed by atoms with van der Waals surface area (Å²) in [7, 11) is 0. The number of nitrogens with one attached hydrogen (secondary N) is 1. The summed E-state index contributed by atoms with van der Waals surface area (Å²) >= 11 is 6.25. The van der Waals surface area contributed by atoms with Crippen molar-refractivity contribution in [1.29, 1.82) is 0 Å². The van der Waals surface area contributed by atoms with E-state index in [9.17, 15) is 4.79 Å². The molecule has 0 radical (unpaired) electrons. The summed E-state index contributed by atoms with van der Waals surface area (Å²) in [6, 6.07) is 18.7. The van der Waals surface area contributed by atoms with Crippen LogP contribution in [-0.4, -0.2) is 33.4 Å². The van der Waals surface area contributed by atoms with E-state index in [0.29, 0.717) is 30.6 Å². The fraction of sp³-hybridized carbons (Fsp3) is 0.433. The lowest BCUT2D eigenvalue weighted by Crippen LogP contribution is -2.35. The van der Waals surface area contributed by atoms with Crippen molar-refractivity contribution in [3.05, 3.63) is 88.2 Å². The van der Waals surface area contributed by atoms with E-state index < -0.39 is 0 Å². The Balaban J connectivity index is 1.57. The smallest absolute Gasteiger partial charge is 0.257 e. The number of nitrogens with zero attached hydrogens (tertiary/aromatic N) is 3. The number of anilines is 1.